The van der Waals surface area contributed by atoms with Crippen LogP contribution in [0.3, 0.4) is 0 Å². The molecule has 2 saturated heterocycles. The molecule has 7 nitrogen and oxygen atoms in total. The summed E-state index contributed by atoms with van der Waals surface area (Å²) >= 11 is 0. The molecule has 2 heterocycles. The summed E-state index contributed by atoms with van der Waals surface area (Å²) in [4.78, 5) is 25.2. The summed E-state index contributed by atoms with van der Waals surface area (Å²) in [7, 11) is -2.99. The van der Waals surface area contributed by atoms with E-state index < -0.39 is 15.7 Å². The van der Waals surface area contributed by atoms with Crippen molar-refractivity contribution in [3.63, 3.8) is 0 Å². The van der Waals surface area contributed by atoms with E-state index in [1.54, 1.807) is 4.90 Å². The number of piperidine rings is 1. The Morgan fingerprint density at radius 2 is 1.86 bits per heavy atom. The van der Waals surface area contributed by atoms with Gasteiger partial charge in [-0.2, -0.15) is 0 Å². The molecule has 3 N–H and O–H groups in total. The Hall–Kier alpha value is -1.15. The summed E-state index contributed by atoms with van der Waals surface area (Å²) in [6, 6.07) is 0.0178. The molecule has 0 aliphatic carbocycles. The molecule has 2 aliphatic heterocycles. The van der Waals surface area contributed by atoms with E-state index in [1.807, 2.05) is 0 Å². The lowest BCUT2D eigenvalue weighted by Crippen LogP contribution is -2.49. The number of carbonyl (C=O) groups is 2. The molecule has 2 fully saturated rings. The van der Waals surface area contributed by atoms with Crippen molar-refractivity contribution in [2.75, 3.05) is 31.1 Å². The number of hydrogen-bond donors (Lipinski definition) is 2. The van der Waals surface area contributed by atoms with Gasteiger partial charge in [0.15, 0.2) is 9.84 Å². The molecule has 2 rings (SSSR count). The largest absolute Gasteiger partial charge is 0.368 e. The zero-order chi connectivity index (χ0) is 15.5. The Balaban J connectivity index is 1.98. The summed E-state index contributed by atoms with van der Waals surface area (Å²) in [5.41, 5.74) is 5.24. The van der Waals surface area contributed by atoms with Crippen LogP contribution in [0.4, 0.5) is 0 Å². The molecule has 2 amide bonds. The highest BCUT2D eigenvalue weighted by Gasteiger charge is 2.33. The second kappa shape index (κ2) is 6.74. The van der Waals surface area contributed by atoms with Gasteiger partial charge in [-0.3, -0.25) is 9.59 Å². The van der Waals surface area contributed by atoms with Crippen LogP contribution in [0.15, 0.2) is 0 Å². The number of sulfone groups is 1. The van der Waals surface area contributed by atoms with Crippen LogP contribution in [0.25, 0.3) is 0 Å². The second-order valence-electron chi connectivity index (χ2n) is 5.94. The zero-order valence-electron chi connectivity index (χ0n) is 12.1. The third-order valence-electron chi connectivity index (χ3n) is 4.19. The number of amides is 2. The highest BCUT2D eigenvalue weighted by Crippen LogP contribution is 2.23. The summed E-state index contributed by atoms with van der Waals surface area (Å²) in [5.74, 6) is -0.563. The molecular formula is C13H23N3O4S. The fourth-order valence-electron chi connectivity index (χ4n) is 3.10. The van der Waals surface area contributed by atoms with Gasteiger partial charge in [0, 0.05) is 12.5 Å². The van der Waals surface area contributed by atoms with Crippen molar-refractivity contribution in [1.82, 2.24) is 10.2 Å². The number of hydrogen-bond acceptors (Lipinski definition) is 5. The number of nitrogens with one attached hydrogen (secondary N) is 1. The van der Waals surface area contributed by atoms with Gasteiger partial charge < -0.3 is 16.0 Å². The first-order valence-corrected chi connectivity index (χ1v) is 9.18. The fourth-order valence-corrected chi connectivity index (χ4v) is 4.97. The van der Waals surface area contributed by atoms with E-state index in [9.17, 15) is 18.0 Å². The molecule has 1 unspecified atom stereocenters. The third-order valence-corrected chi connectivity index (χ3v) is 6.02. The number of rotatable bonds is 5. The van der Waals surface area contributed by atoms with Crippen molar-refractivity contribution < 1.29 is 18.0 Å². The Morgan fingerprint density at radius 1 is 1.19 bits per heavy atom. The Bertz CT molecular complexity index is 500. The monoisotopic (exact) mass is 317 g/mol. The van der Waals surface area contributed by atoms with Crippen molar-refractivity contribution in [3.8, 4) is 0 Å². The van der Waals surface area contributed by atoms with Crippen LogP contribution in [0.5, 0.6) is 0 Å². The van der Waals surface area contributed by atoms with Crippen molar-refractivity contribution in [1.29, 1.82) is 0 Å². The predicted molar refractivity (Wildman–Crippen MR) is 78.2 cm³/mol. The molecule has 1 atom stereocenters. The summed E-state index contributed by atoms with van der Waals surface area (Å²) in [6.07, 6.45) is 2.31. The van der Waals surface area contributed by atoms with E-state index in [2.05, 4.69) is 5.32 Å². The molecule has 120 valence electrons. The molecule has 8 heteroatoms. The molecule has 0 saturated carbocycles. The van der Waals surface area contributed by atoms with Crippen LogP contribution in [0.2, 0.25) is 0 Å². The molecular weight excluding hydrogens is 294 g/mol. The number of carbonyl (C=O) groups excluding carboxylic acids is 2. The molecule has 0 aromatic carbocycles. The van der Waals surface area contributed by atoms with E-state index >= 15 is 0 Å². The van der Waals surface area contributed by atoms with Gasteiger partial charge in [-0.1, -0.05) is 0 Å². The fraction of sp³-hybridized carbons (Fsp3) is 0.846. The van der Waals surface area contributed by atoms with Gasteiger partial charge in [-0.15, -0.1) is 0 Å². The number of nitrogens with two attached hydrogens (primary N) is 1. The first kappa shape index (κ1) is 16.2. The topological polar surface area (TPSA) is 110 Å². The summed E-state index contributed by atoms with van der Waals surface area (Å²) in [6.45, 7) is 1.54. The van der Waals surface area contributed by atoms with Crippen molar-refractivity contribution >= 4 is 21.7 Å². The lowest BCUT2D eigenvalue weighted by molar-refractivity contribution is -0.138. The van der Waals surface area contributed by atoms with Gasteiger partial charge in [0.2, 0.25) is 11.8 Å². The first-order valence-electron chi connectivity index (χ1n) is 7.36. The Morgan fingerprint density at radius 3 is 2.38 bits per heavy atom. The molecule has 0 radical (unpaired) electrons. The van der Waals surface area contributed by atoms with E-state index in [-0.39, 0.29) is 42.3 Å². The lowest BCUT2D eigenvalue weighted by atomic mass is 10.0. The van der Waals surface area contributed by atoms with Gasteiger partial charge in [0.05, 0.1) is 18.1 Å². The summed E-state index contributed by atoms with van der Waals surface area (Å²) < 4.78 is 22.9. The van der Waals surface area contributed by atoms with E-state index in [1.165, 1.54) is 0 Å². The normalized spacial score (nSPS) is 25.6. The summed E-state index contributed by atoms with van der Waals surface area (Å²) in [5, 5.41) is 3.21. The molecule has 0 bridgehead atoms. The first-order chi connectivity index (χ1) is 9.87. The van der Waals surface area contributed by atoms with Crippen LogP contribution in [-0.4, -0.2) is 62.3 Å². The molecule has 0 spiro atoms. The number of nitrogens with zero attached hydrogens (tertiary/aromatic N) is 1. The van der Waals surface area contributed by atoms with Crippen LogP contribution in [-0.2, 0) is 19.4 Å². The SMILES string of the molecule is NC(=O)CN(C(=O)CC1CCS(=O)(=O)C1)C1CCNCC1. The third kappa shape index (κ3) is 4.67. The zero-order valence-corrected chi connectivity index (χ0v) is 12.9. The minimum Gasteiger partial charge on any atom is -0.368 e. The number of primary amides is 1. The molecule has 2 aliphatic rings. The van der Waals surface area contributed by atoms with Crippen LogP contribution in [0.1, 0.15) is 25.7 Å². The standard InChI is InChI=1S/C13H23N3O4S/c14-12(17)8-16(11-1-4-15-5-2-11)13(18)7-10-3-6-21(19,20)9-10/h10-11,15H,1-9H2,(H2,14,17). The van der Waals surface area contributed by atoms with Gasteiger partial charge in [0.25, 0.3) is 0 Å². The molecule has 0 aromatic rings. The van der Waals surface area contributed by atoms with Crippen LogP contribution < -0.4 is 11.1 Å². The van der Waals surface area contributed by atoms with Crippen molar-refractivity contribution in [2.45, 2.75) is 31.7 Å². The predicted octanol–water partition coefficient (Wildman–Crippen LogP) is -1.12. The minimum absolute atomic E-state index is 0.0178. The molecule has 21 heavy (non-hydrogen) atoms. The quantitative estimate of drug-likeness (QED) is 0.667. The van der Waals surface area contributed by atoms with Crippen LogP contribution >= 0.6 is 0 Å². The highest BCUT2D eigenvalue weighted by atomic mass is 32.2. The van der Waals surface area contributed by atoms with Gasteiger partial charge in [-0.25, -0.2) is 8.42 Å². The van der Waals surface area contributed by atoms with Gasteiger partial charge in [0.1, 0.15) is 0 Å². The van der Waals surface area contributed by atoms with Gasteiger partial charge >= 0.3 is 0 Å². The maximum atomic E-state index is 12.4. The average molecular weight is 317 g/mol. The second-order valence-corrected chi connectivity index (χ2v) is 8.17. The maximum Gasteiger partial charge on any atom is 0.237 e. The van der Waals surface area contributed by atoms with Crippen molar-refractivity contribution in [2.24, 2.45) is 11.7 Å². The van der Waals surface area contributed by atoms with E-state index in [0.717, 1.165) is 25.9 Å². The smallest absolute Gasteiger partial charge is 0.237 e. The minimum atomic E-state index is -2.99. The van der Waals surface area contributed by atoms with Crippen molar-refractivity contribution in [3.05, 3.63) is 0 Å². The van der Waals surface area contributed by atoms with E-state index in [4.69, 9.17) is 5.73 Å². The maximum absolute atomic E-state index is 12.4. The molecule has 0 aromatic heterocycles. The Kier molecular flexibility index (Phi) is 5.21. The Labute approximate surface area is 125 Å². The lowest BCUT2D eigenvalue weighted by Gasteiger charge is -2.34. The highest BCUT2D eigenvalue weighted by molar-refractivity contribution is 7.91. The van der Waals surface area contributed by atoms with Crippen LogP contribution in [0, 0.1) is 5.92 Å². The average Bonchev–Trinajstić information content (AvgIpc) is 2.76. The van der Waals surface area contributed by atoms with E-state index in [0.29, 0.717) is 6.42 Å². The van der Waals surface area contributed by atoms with Gasteiger partial charge in [-0.05, 0) is 38.3 Å².